The predicted molar refractivity (Wildman–Crippen MR) is 136 cm³/mol. The van der Waals surface area contributed by atoms with Crippen LogP contribution >= 0.6 is 0 Å². The molecule has 5 rings (SSSR count). The zero-order valence-electron chi connectivity index (χ0n) is 19.9. The molecule has 3 aromatic carbocycles. The summed E-state index contributed by atoms with van der Waals surface area (Å²) in [5.74, 6) is -0.821. The highest BCUT2D eigenvalue weighted by Gasteiger charge is 2.47. The Morgan fingerprint density at radius 1 is 1.08 bits per heavy atom. The van der Waals surface area contributed by atoms with Gasteiger partial charge in [-0.3, -0.25) is 14.5 Å². The number of carbonyl (C=O) groups excluding carboxylic acids is 2. The van der Waals surface area contributed by atoms with Gasteiger partial charge in [-0.25, -0.2) is 13.6 Å². The van der Waals surface area contributed by atoms with Gasteiger partial charge < -0.3 is 14.6 Å². The Kier molecular flexibility index (Phi) is 6.22. The van der Waals surface area contributed by atoms with E-state index in [1.807, 2.05) is 0 Å². The van der Waals surface area contributed by atoms with Crippen molar-refractivity contribution >= 4 is 33.2 Å². The van der Waals surface area contributed by atoms with E-state index in [1.165, 1.54) is 36.3 Å². The molecule has 10 heteroatoms. The number of methoxy groups -OCH3 is 1. The molecule has 3 N–H and O–H groups in total. The third-order valence-corrected chi connectivity index (χ3v) is 7.41. The van der Waals surface area contributed by atoms with Crippen LogP contribution in [0.4, 0.5) is 5.69 Å². The number of nitrogens with zero attached hydrogens (tertiary/aromatic N) is 1. The van der Waals surface area contributed by atoms with E-state index in [0.29, 0.717) is 23.5 Å². The van der Waals surface area contributed by atoms with E-state index in [9.17, 15) is 23.1 Å². The van der Waals surface area contributed by atoms with E-state index in [0.717, 1.165) is 24.2 Å². The second-order valence-corrected chi connectivity index (χ2v) is 10.3. The average molecular weight is 521 g/mol. The van der Waals surface area contributed by atoms with Crippen LogP contribution in [0.3, 0.4) is 0 Å². The lowest BCUT2D eigenvalue weighted by molar-refractivity contribution is -0.132. The molecule has 2 heterocycles. The smallest absolute Gasteiger partial charge is 0.300 e. The highest BCUT2D eigenvalue weighted by atomic mass is 32.2. The van der Waals surface area contributed by atoms with Crippen LogP contribution < -0.4 is 19.5 Å². The zero-order valence-corrected chi connectivity index (χ0v) is 20.7. The maximum atomic E-state index is 13.4. The van der Waals surface area contributed by atoms with Crippen molar-refractivity contribution in [2.45, 2.75) is 23.8 Å². The van der Waals surface area contributed by atoms with Crippen molar-refractivity contribution in [3.05, 3.63) is 89.0 Å². The van der Waals surface area contributed by atoms with Crippen molar-refractivity contribution in [2.24, 2.45) is 5.14 Å². The molecule has 0 aliphatic carbocycles. The van der Waals surface area contributed by atoms with Crippen molar-refractivity contribution in [2.75, 3.05) is 18.6 Å². The first kappa shape index (κ1) is 24.5. The molecule has 0 radical (unpaired) electrons. The summed E-state index contributed by atoms with van der Waals surface area (Å²) in [4.78, 5) is 27.8. The number of primary sulfonamides is 1. The predicted octanol–water partition coefficient (Wildman–Crippen LogP) is 3.29. The van der Waals surface area contributed by atoms with Crippen LogP contribution in [0.25, 0.3) is 5.76 Å². The first-order valence-electron chi connectivity index (χ1n) is 11.5. The van der Waals surface area contributed by atoms with Gasteiger partial charge in [-0.1, -0.05) is 12.1 Å². The summed E-state index contributed by atoms with van der Waals surface area (Å²) in [5, 5.41) is 16.6. The number of hydrogen-bond acceptors (Lipinski definition) is 7. The van der Waals surface area contributed by atoms with Crippen molar-refractivity contribution in [3.63, 3.8) is 0 Å². The van der Waals surface area contributed by atoms with Crippen molar-refractivity contribution < 1.29 is 32.6 Å². The van der Waals surface area contributed by atoms with E-state index in [4.69, 9.17) is 14.6 Å². The molecule has 190 valence electrons. The van der Waals surface area contributed by atoms with Gasteiger partial charge >= 0.3 is 0 Å². The molecule has 37 heavy (non-hydrogen) atoms. The number of fused-ring (bicyclic) bond motifs is 1. The summed E-state index contributed by atoms with van der Waals surface area (Å²) < 4.78 is 34.4. The average Bonchev–Trinajstić information content (AvgIpc) is 3.17. The normalized spacial score (nSPS) is 18.9. The summed E-state index contributed by atoms with van der Waals surface area (Å²) in [7, 11) is -2.46. The van der Waals surface area contributed by atoms with E-state index in [-0.39, 0.29) is 21.9 Å². The minimum Gasteiger partial charge on any atom is -0.507 e. The van der Waals surface area contributed by atoms with Gasteiger partial charge in [0, 0.05) is 11.3 Å². The first-order valence-corrected chi connectivity index (χ1v) is 13.1. The second kappa shape index (κ2) is 9.38. The van der Waals surface area contributed by atoms with Crippen LogP contribution in [0.15, 0.2) is 77.2 Å². The molecular formula is C27H24N2O7S. The number of aliphatic hydroxyl groups excluding tert-OH is 1. The minimum atomic E-state index is -3.96. The number of ketones is 1. The number of ether oxygens (including phenoxy) is 2. The highest BCUT2D eigenvalue weighted by molar-refractivity contribution is 7.89. The fraction of sp³-hybridized carbons (Fsp3) is 0.185. The molecule has 1 fully saturated rings. The Morgan fingerprint density at radius 2 is 1.84 bits per heavy atom. The summed E-state index contributed by atoms with van der Waals surface area (Å²) in [6.07, 6.45) is 1.60. The largest absolute Gasteiger partial charge is 0.507 e. The summed E-state index contributed by atoms with van der Waals surface area (Å²) >= 11 is 0. The monoisotopic (exact) mass is 520 g/mol. The number of rotatable bonds is 5. The highest BCUT2D eigenvalue weighted by Crippen LogP contribution is 2.43. The van der Waals surface area contributed by atoms with E-state index in [2.05, 4.69) is 0 Å². The van der Waals surface area contributed by atoms with E-state index < -0.39 is 27.8 Å². The number of Topliss-reactive ketones (excluding diaryl/α,β-unsaturated/α-hetero) is 1. The topological polar surface area (TPSA) is 136 Å². The second-order valence-electron chi connectivity index (χ2n) is 8.76. The zero-order chi connectivity index (χ0) is 26.3. The quantitative estimate of drug-likeness (QED) is 0.299. The molecule has 0 aromatic heterocycles. The molecule has 1 saturated heterocycles. The first-order chi connectivity index (χ1) is 17.7. The van der Waals surface area contributed by atoms with Gasteiger partial charge in [-0.05, 0) is 78.6 Å². The Bertz CT molecular complexity index is 1550. The van der Waals surface area contributed by atoms with Crippen LogP contribution in [-0.4, -0.2) is 38.9 Å². The lowest BCUT2D eigenvalue weighted by Crippen LogP contribution is -2.29. The number of sulfonamides is 1. The molecule has 3 aromatic rings. The third-order valence-electron chi connectivity index (χ3n) is 6.48. The van der Waals surface area contributed by atoms with Crippen molar-refractivity contribution in [1.29, 1.82) is 0 Å². The third kappa shape index (κ3) is 4.45. The van der Waals surface area contributed by atoms with Gasteiger partial charge in [0.15, 0.2) is 0 Å². The van der Waals surface area contributed by atoms with Gasteiger partial charge in [0.25, 0.3) is 11.7 Å². The van der Waals surface area contributed by atoms with Gasteiger partial charge in [-0.15, -0.1) is 0 Å². The SMILES string of the molecule is COc1cccc(C2/C(=C(/O)c3ccc4c(c3)CCCO4)C(=O)C(=O)N2c2ccc(S(N)(=O)=O)cc2)c1. The number of amides is 1. The Hall–Kier alpha value is -4.15. The van der Waals surface area contributed by atoms with Crippen LogP contribution in [0.2, 0.25) is 0 Å². The molecule has 1 atom stereocenters. The molecule has 1 amide bonds. The number of aliphatic hydroxyl groups is 1. The Labute approximate surface area is 213 Å². The number of benzene rings is 3. The molecule has 0 saturated carbocycles. The molecule has 9 nitrogen and oxygen atoms in total. The van der Waals surface area contributed by atoms with Crippen molar-refractivity contribution in [1.82, 2.24) is 0 Å². The van der Waals surface area contributed by atoms with E-state index in [1.54, 1.807) is 42.5 Å². The van der Waals surface area contributed by atoms with Crippen LogP contribution in [-0.2, 0) is 26.0 Å². The lowest BCUT2D eigenvalue weighted by atomic mass is 9.93. The fourth-order valence-corrected chi connectivity index (χ4v) is 5.20. The molecule has 1 unspecified atom stereocenters. The molecule has 2 aliphatic rings. The molecule has 2 aliphatic heterocycles. The Balaban J connectivity index is 1.68. The van der Waals surface area contributed by atoms with Crippen LogP contribution in [0.5, 0.6) is 11.5 Å². The number of carbonyl (C=O) groups is 2. The fourth-order valence-electron chi connectivity index (χ4n) is 4.69. The minimum absolute atomic E-state index is 0.0922. The number of hydrogen-bond donors (Lipinski definition) is 2. The number of aryl methyl sites for hydroxylation is 1. The maximum Gasteiger partial charge on any atom is 0.300 e. The summed E-state index contributed by atoms with van der Waals surface area (Å²) in [6.45, 7) is 0.615. The lowest BCUT2D eigenvalue weighted by Gasteiger charge is -2.26. The van der Waals surface area contributed by atoms with Gasteiger partial charge in [0.05, 0.1) is 30.2 Å². The van der Waals surface area contributed by atoms with Crippen molar-refractivity contribution in [3.8, 4) is 11.5 Å². The molecule has 0 bridgehead atoms. The molecule has 0 spiro atoms. The standard InChI is InChI=1S/C27H24N2O7S/c1-35-20-6-2-4-17(15-20)24-23(25(30)18-7-12-22-16(14-18)5-3-13-36-22)26(31)27(32)29(24)19-8-10-21(11-9-19)37(28,33)34/h2,4,6-12,14-15,24,30H,3,5,13H2,1H3,(H2,28,33,34)/b25-23-. The number of anilines is 1. The molecular weight excluding hydrogens is 496 g/mol. The van der Waals surface area contributed by atoms with Gasteiger partial charge in [0.1, 0.15) is 17.3 Å². The van der Waals surface area contributed by atoms with Crippen LogP contribution in [0.1, 0.15) is 29.2 Å². The van der Waals surface area contributed by atoms with Gasteiger partial charge in [0.2, 0.25) is 10.0 Å². The summed E-state index contributed by atoms with van der Waals surface area (Å²) in [6, 6.07) is 16.3. The number of nitrogens with two attached hydrogens (primary N) is 1. The van der Waals surface area contributed by atoms with E-state index >= 15 is 0 Å². The van der Waals surface area contributed by atoms with Crippen LogP contribution in [0, 0.1) is 0 Å². The van der Waals surface area contributed by atoms with Gasteiger partial charge in [-0.2, -0.15) is 0 Å². The Morgan fingerprint density at radius 3 is 2.54 bits per heavy atom. The maximum absolute atomic E-state index is 13.4. The summed E-state index contributed by atoms with van der Waals surface area (Å²) in [5.41, 5.74) is 1.99.